The van der Waals surface area contributed by atoms with Gasteiger partial charge in [0, 0.05) is 10.9 Å². The number of imidazole rings is 1. The molecule has 0 spiro atoms. The first kappa shape index (κ1) is 14.6. The van der Waals surface area contributed by atoms with E-state index in [2.05, 4.69) is 15.3 Å². The number of aromatic hydroxyl groups is 1. The van der Waals surface area contributed by atoms with Gasteiger partial charge >= 0.3 is 0 Å². The Morgan fingerprint density at radius 3 is 2.96 bits per heavy atom. The molecule has 1 unspecified atom stereocenters. The molecule has 5 rings (SSSR count). The van der Waals surface area contributed by atoms with Crippen LogP contribution in [0, 0.1) is 0 Å². The van der Waals surface area contributed by atoms with Crippen LogP contribution in [0.25, 0.3) is 10.5 Å². The second-order valence-corrected chi connectivity index (χ2v) is 7.30. The second-order valence-electron chi connectivity index (χ2n) is 6.24. The number of fused-ring (bicyclic) bond motifs is 1. The monoisotopic (exact) mass is 353 g/mol. The van der Waals surface area contributed by atoms with E-state index in [0.717, 1.165) is 23.4 Å². The first-order valence-corrected chi connectivity index (χ1v) is 8.87. The zero-order chi connectivity index (χ0) is 17.0. The van der Waals surface area contributed by atoms with Crippen LogP contribution in [-0.4, -0.2) is 34.6 Å². The molecule has 3 aromatic heterocycles. The number of aromatic nitrogens is 5. The van der Waals surface area contributed by atoms with Gasteiger partial charge in [0.15, 0.2) is 0 Å². The van der Waals surface area contributed by atoms with E-state index in [4.69, 9.17) is 0 Å². The van der Waals surface area contributed by atoms with Gasteiger partial charge in [-0.05, 0) is 30.9 Å². The summed E-state index contributed by atoms with van der Waals surface area (Å²) in [6.07, 6.45) is 6.69. The lowest BCUT2D eigenvalue weighted by molar-refractivity contribution is 0.208. The van der Waals surface area contributed by atoms with Crippen molar-refractivity contribution >= 4 is 16.2 Å². The minimum absolute atomic E-state index is 0.157. The Bertz CT molecular complexity index is 1060. The van der Waals surface area contributed by atoms with Crippen molar-refractivity contribution in [1.29, 1.82) is 0 Å². The lowest BCUT2D eigenvalue weighted by atomic mass is 10.1. The van der Waals surface area contributed by atoms with Gasteiger partial charge in [0.1, 0.15) is 28.7 Å². The first-order valence-electron chi connectivity index (χ1n) is 8.05. The van der Waals surface area contributed by atoms with Crippen molar-refractivity contribution in [2.24, 2.45) is 0 Å². The zero-order valence-electron chi connectivity index (χ0n) is 13.1. The van der Waals surface area contributed by atoms with Crippen molar-refractivity contribution < 1.29 is 10.2 Å². The standard InChI is InChI=1S/C17H15N5O2S/c23-12-3-1-2-11(6-12)22-8-13(19-20-22)16(24)15-17(10-4-5-10)25-14-7-18-9-21(14)15/h1-3,6-10,16,23-24H,4-5H2. The van der Waals surface area contributed by atoms with Crippen molar-refractivity contribution in [2.75, 3.05) is 0 Å². The van der Waals surface area contributed by atoms with E-state index >= 15 is 0 Å². The Morgan fingerprint density at radius 2 is 2.16 bits per heavy atom. The number of hydrogen-bond donors (Lipinski definition) is 2. The minimum atomic E-state index is -0.871. The largest absolute Gasteiger partial charge is 0.508 e. The summed E-state index contributed by atoms with van der Waals surface area (Å²) in [5, 5.41) is 28.8. The maximum absolute atomic E-state index is 11.0. The molecule has 1 aromatic carbocycles. The van der Waals surface area contributed by atoms with Crippen LogP contribution in [0.1, 0.15) is 41.1 Å². The summed E-state index contributed by atoms with van der Waals surface area (Å²) in [5.41, 5.74) is 1.99. The third kappa shape index (κ3) is 2.41. The highest BCUT2D eigenvalue weighted by Gasteiger charge is 2.33. The summed E-state index contributed by atoms with van der Waals surface area (Å²) in [7, 11) is 0. The summed E-state index contributed by atoms with van der Waals surface area (Å²) in [5.74, 6) is 0.680. The molecule has 1 saturated carbocycles. The number of aliphatic hydroxyl groups is 1. The normalized spacial score (nSPS) is 15.7. The third-order valence-electron chi connectivity index (χ3n) is 4.42. The molecule has 0 amide bonds. The van der Waals surface area contributed by atoms with Crippen LogP contribution in [-0.2, 0) is 0 Å². The molecule has 0 aliphatic heterocycles. The summed E-state index contributed by atoms with van der Waals surface area (Å²) in [6, 6.07) is 6.75. The van der Waals surface area contributed by atoms with Gasteiger partial charge in [0.2, 0.25) is 0 Å². The highest BCUT2D eigenvalue weighted by molar-refractivity contribution is 7.17. The van der Waals surface area contributed by atoms with Gasteiger partial charge in [-0.15, -0.1) is 16.4 Å². The smallest absolute Gasteiger partial charge is 0.141 e. The average Bonchev–Trinajstić information content (AvgIpc) is 3.04. The van der Waals surface area contributed by atoms with Gasteiger partial charge in [-0.25, -0.2) is 9.67 Å². The SMILES string of the molecule is Oc1cccc(-n2cc(C(O)c3c(C4CC4)sc4cncn34)nn2)c1. The second kappa shape index (κ2) is 5.40. The van der Waals surface area contributed by atoms with E-state index in [9.17, 15) is 10.2 Å². The molecule has 0 saturated heterocycles. The quantitative estimate of drug-likeness (QED) is 0.589. The van der Waals surface area contributed by atoms with Crippen LogP contribution in [0.2, 0.25) is 0 Å². The molecule has 1 aliphatic carbocycles. The molecule has 7 nitrogen and oxygen atoms in total. The van der Waals surface area contributed by atoms with Crippen molar-refractivity contribution in [3.8, 4) is 11.4 Å². The number of nitrogens with zero attached hydrogens (tertiary/aromatic N) is 5. The number of rotatable bonds is 4. The molecule has 8 heteroatoms. The molecular weight excluding hydrogens is 338 g/mol. The zero-order valence-corrected chi connectivity index (χ0v) is 14.0. The molecule has 0 bridgehead atoms. The Kier molecular flexibility index (Phi) is 3.16. The highest BCUT2D eigenvalue weighted by atomic mass is 32.1. The van der Waals surface area contributed by atoms with Crippen LogP contribution in [0.4, 0.5) is 0 Å². The third-order valence-corrected chi connectivity index (χ3v) is 5.70. The number of hydrogen-bond acceptors (Lipinski definition) is 6. The number of thiazole rings is 1. The van der Waals surface area contributed by atoms with Crippen molar-refractivity contribution in [3.05, 3.63) is 59.3 Å². The molecule has 126 valence electrons. The predicted octanol–water partition coefficient (Wildman–Crippen LogP) is 2.64. The summed E-state index contributed by atoms with van der Waals surface area (Å²) >= 11 is 1.68. The fourth-order valence-electron chi connectivity index (χ4n) is 3.03. The van der Waals surface area contributed by atoms with Crippen LogP contribution in [0.3, 0.4) is 0 Å². The lowest BCUT2D eigenvalue weighted by Gasteiger charge is -2.09. The van der Waals surface area contributed by atoms with E-state index in [1.54, 1.807) is 46.7 Å². The Morgan fingerprint density at radius 1 is 1.28 bits per heavy atom. The van der Waals surface area contributed by atoms with Crippen LogP contribution < -0.4 is 0 Å². The molecule has 25 heavy (non-hydrogen) atoms. The van der Waals surface area contributed by atoms with Gasteiger partial charge in [-0.1, -0.05) is 11.3 Å². The van der Waals surface area contributed by atoms with E-state index in [-0.39, 0.29) is 5.75 Å². The van der Waals surface area contributed by atoms with Crippen molar-refractivity contribution in [2.45, 2.75) is 24.9 Å². The average molecular weight is 353 g/mol. The van der Waals surface area contributed by atoms with Gasteiger partial charge in [-0.3, -0.25) is 4.40 Å². The van der Waals surface area contributed by atoms with E-state index in [1.807, 2.05) is 16.7 Å². The fourth-order valence-corrected chi connectivity index (χ4v) is 4.33. The summed E-state index contributed by atoms with van der Waals surface area (Å²) < 4.78 is 3.49. The van der Waals surface area contributed by atoms with Gasteiger partial charge < -0.3 is 10.2 Å². The number of aliphatic hydroxyl groups excluding tert-OH is 1. The van der Waals surface area contributed by atoms with Crippen LogP contribution in [0.15, 0.2) is 43.0 Å². The minimum Gasteiger partial charge on any atom is -0.508 e. The molecule has 1 atom stereocenters. The van der Waals surface area contributed by atoms with Crippen LogP contribution >= 0.6 is 11.3 Å². The molecule has 1 fully saturated rings. The Labute approximate surface area is 146 Å². The topological polar surface area (TPSA) is 88.5 Å². The van der Waals surface area contributed by atoms with E-state index in [1.165, 1.54) is 4.88 Å². The summed E-state index contributed by atoms with van der Waals surface area (Å²) in [6.45, 7) is 0. The van der Waals surface area contributed by atoms with E-state index in [0.29, 0.717) is 17.3 Å². The first-order chi connectivity index (χ1) is 12.2. The number of phenols is 1. The maximum Gasteiger partial charge on any atom is 0.141 e. The predicted molar refractivity (Wildman–Crippen MR) is 92.1 cm³/mol. The molecule has 3 heterocycles. The number of phenolic OH excluding ortho intramolecular Hbond substituents is 1. The Balaban J connectivity index is 1.56. The summed E-state index contributed by atoms with van der Waals surface area (Å²) in [4.78, 5) is 6.40. The fraction of sp³-hybridized carbons (Fsp3) is 0.235. The maximum atomic E-state index is 11.0. The molecule has 2 N–H and O–H groups in total. The van der Waals surface area contributed by atoms with Gasteiger partial charge in [-0.2, -0.15) is 0 Å². The number of benzene rings is 1. The molecule has 0 radical (unpaired) electrons. The molecule has 4 aromatic rings. The lowest BCUT2D eigenvalue weighted by Crippen LogP contribution is -2.06. The van der Waals surface area contributed by atoms with E-state index < -0.39 is 6.10 Å². The van der Waals surface area contributed by atoms with Gasteiger partial charge in [0.05, 0.1) is 23.8 Å². The highest BCUT2D eigenvalue weighted by Crippen LogP contribution is 2.47. The van der Waals surface area contributed by atoms with Crippen molar-refractivity contribution in [1.82, 2.24) is 24.4 Å². The molecular formula is C17H15N5O2S. The van der Waals surface area contributed by atoms with Gasteiger partial charge in [0.25, 0.3) is 0 Å². The van der Waals surface area contributed by atoms with Crippen LogP contribution in [0.5, 0.6) is 5.75 Å². The van der Waals surface area contributed by atoms with Crippen molar-refractivity contribution in [3.63, 3.8) is 0 Å². The Hall–Kier alpha value is -2.71. The molecule has 1 aliphatic rings.